The molecule has 3 rings (SSSR count). The van der Waals surface area contributed by atoms with Crippen LogP contribution in [0.25, 0.3) is 0 Å². The second kappa shape index (κ2) is 12.0. The number of hydrogen-bond donors (Lipinski definition) is 1. The van der Waals surface area contributed by atoms with E-state index in [2.05, 4.69) is 10.4 Å². The highest BCUT2D eigenvalue weighted by Crippen LogP contribution is 2.20. The largest absolute Gasteiger partial charge is 0.437 e. The van der Waals surface area contributed by atoms with Gasteiger partial charge in [-0.2, -0.15) is 4.68 Å². The van der Waals surface area contributed by atoms with Crippen molar-refractivity contribution in [3.05, 3.63) is 52.3 Å². The molecule has 1 unspecified atom stereocenters. The first-order valence-electron chi connectivity index (χ1n) is 12.4. The highest BCUT2D eigenvalue weighted by molar-refractivity contribution is 5.99. The predicted molar refractivity (Wildman–Crippen MR) is 131 cm³/mol. The lowest BCUT2D eigenvalue weighted by molar-refractivity contribution is -0.142. The predicted octanol–water partition coefficient (Wildman–Crippen LogP) is 2.83. The monoisotopic (exact) mass is 484 g/mol. The van der Waals surface area contributed by atoms with Gasteiger partial charge in [0.1, 0.15) is 6.04 Å². The maximum Gasteiger partial charge on any atom is 0.437 e. The average molecular weight is 485 g/mol. The zero-order valence-electron chi connectivity index (χ0n) is 21.0. The molecule has 1 fully saturated rings. The molecule has 9 nitrogen and oxygen atoms in total. The third kappa shape index (κ3) is 7.13. The van der Waals surface area contributed by atoms with Crippen LogP contribution in [0, 0.1) is 11.8 Å². The van der Waals surface area contributed by atoms with Crippen molar-refractivity contribution in [1.29, 1.82) is 0 Å². The van der Waals surface area contributed by atoms with E-state index in [1.807, 2.05) is 58.0 Å². The van der Waals surface area contributed by atoms with Crippen LogP contribution in [0.3, 0.4) is 0 Å². The fraction of sp³-hybridized carbons (Fsp3) is 0.577. The molecule has 9 heteroatoms. The van der Waals surface area contributed by atoms with Crippen molar-refractivity contribution in [1.82, 2.24) is 20.0 Å². The van der Waals surface area contributed by atoms with Crippen LogP contribution in [-0.2, 0) is 22.6 Å². The number of carbonyl (C=O) groups excluding carboxylic acids is 3. The molecule has 2 atom stereocenters. The van der Waals surface area contributed by atoms with Gasteiger partial charge in [-0.25, -0.2) is 4.79 Å². The molecular formula is C26H36N4O5. The Bertz CT molecular complexity index is 1070. The number of Topliss-reactive ketones (excluding diaryl/α,β-unsaturated/α-hetero) is 1. The van der Waals surface area contributed by atoms with Gasteiger partial charge in [-0.1, -0.05) is 58.0 Å². The fourth-order valence-corrected chi connectivity index (χ4v) is 4.36. The van der Waals surface area contributed by atoms with E-state index in [4.69, 9.17) is 4.42 Å². The van der Waals surface area contributed by atoms with Gasteiger partial charge < -0.3 is 14.6 Å². The standard InChI is InChI=1S/C26H36N4O5/c1-17(2)14-20(23(32)25-28-30(16-18(3)4)26(34)35-25)27-24(33)21-12-8-9-13-29(21)22(31)15-19-10-6-5-7-11-19/h5-7,10-11,17-18,20-21H,8-9,12-16H2,1-4H3,(H,27,33)/t20?,21-/m0/s1. The smallest absolute Gasteiger partial charge is 0.384 e. The van der Waals surface area contributed by atoms with Gasteiger partial charge in [0.25, 0.3) is 5.89 Å². The SMILES string of the molecule is CC(C)CC(NC(=O)[C@@H]1CCCCN1C(=O)Cc1ccccc1)C(=O)c1nn(CC(C)C)c(=O)o1. The van der Waals surface area contributed by atoms with E-state index in [0.29, 0.717) is 25.9 Å². The summed E-state index contributed by atoms with van der Waals surface area (Å²) in [6.07, 6.45) is 2.77. The summed E-state index contributed by atoms with van der Waals surface area (Å²) in [6.45, 7) is 8.57. The molecule has 1 aromatic heterocycles. The summed E-state index contributed by atoms with van der Waals surface area (Å²) in [5, 5.41) is 6.90. The summed E-state index contributed by atoms with van der Waals surface area (Å²) in [7, 11) is 0. The summed E-state index contributed by atoms with van der Waals surface area (Å²) in [5.41, 5.74) is 0.891. The van der Waals surface area contributed by atoms with E-state index in [0.717, 1.165) is 23.1 Å². The summed E-state index contributed by atoms with van der Waals surface area (Å²) in [5.74, 6) is -1.77. The van der Waals surface area contributed by atoms with Crippen molar-refractivity contribution in [2.75, 3.05) is 6.54 Å². The second-order valence-electron chi connectivity index (χ2n) is 10.1. The summed E-state index contributed by atoms with van der Waals surface area (Å²) in [4.78, 5) is 53.3. The number of rotatable bonds is 10. The molecule has 0 saturated carbocycles. The molecule has 2 amide bonds. The van der Waals surface area contributed by atoms with Gasteiger partial charge in [-0.05, 0) is 43.1 Å². The third-order valence-corrected chi connectivity index (χ3v) is 6.02. The van der Waals surface area contributed by atoms with Crippen molar-refractivity contribution in [2.45, 2.75) is 78.4 Å². The number of hydrogen-bond acceptors (Lipinski definition) is 6. The number of benzene rings is 1. The van der Waals surface area contributed by atoms with Crippen molar-refractivity contribution in [2.24, 2.45) is 11.8 Å². The minimum atomic E-state index is -0.902. The molecule has 2 aromatic rings. The summed E-state index contributed by atoms with van der Waals surface area (Å²) in [6, 6.07) is 7.89. The highest BCUT2D eigenvalue weighted by Gasteiger charge is 2.35. The second-order valence-corrected chi connectivity index (χ2v) is 10.1. The lowest BCUT2D eigenvalue weighted by atomic mass is 9.97. The van der Waals surface area contributed by atoms with Gasteiger partial charge in [0.05, 0.1) is 19.0 Å². The Morgan fingerprint density at radius 1 is 1.09 bits per heavy atom. The molecule has 0 radical (unpaired) electrons. The Morgan fingerprint density at radius 3 is 2.46 bits per heavy atom. The van der Waals surface area contributed by atoms with Crippen LogP contribution in [0.5, 0.6) is 0 Å². The first-order valence-corrected chi connectivity index (χ1v) is 12.4. The summed E-state index contributed by atoms with van der Waals surface area (Å²) < 4.78 is 6.26. The van der Waals surface area contributed by atoms with Crippen LogP contribution >= 0.6 is 0 Å². The van der Waals surface area contributed by atoms with Gasteiger partial charge >= 0.3 is 5.76 Å². The zero-order chi connectivity index (χ0) is 25.5. The first kappa shape index (κ1) is 26.4. The Morgan fingerprint density at radius 2 is 1.80 bits per heavy atom. The van der Waals surface area contributed by atoms with Crippen LogP contribution in [0.15, 0.2) is 39.5 Å². The lowest BCUT2D eigenvalue weighted by Crippen LogP contribution is -2.55. The van der Waals surface area contributed by atoms with Crippen molar-refractivity contribution < 1.29 is 18.8 Å². The zero-order valence-corrected chi connectivity index (χ0v) is 21.0. The fourth-order valence-electron chi connectivity index (χ4n) is 4.36. The number of ketones is 1. The number of nitrogens with zero attached hydrogens (tertiary/aromatic N) is 3. The summed E-state index contributed by atoms with van der Waals surface area (Å²) >= 11 is 0. The van der Waals surface area contributed by atoms with E-state index < -0.39 is 23.6 Å². The Balaban J connectivity index is 1.75. The number of piperidine rings is 1. The minimum Gasteiger partial charge on any atom is -0.384 e. The van der Waals surface area contributed by atoms with E-state index >= 15 is 0 Å². The van der Waals surface area contributed by atoms with Crippen LogP contribution in [0.2, 0.25) is 0 Å². The molecule has 1 aliphatic heterocycles. The molecule has 0 aliphatic carbocycles. The van der Waals surface area contributed by atoms with E-state index in [1.165, 1.54) is 0 Å². The molecule has 190 valence electrons. The minimum absolute atomic E-state index is 0.0934. The average Bonchev–Trinajstić information content (AvgIpc) is 3.17. The topological polar surface area (TPSA) is 115 Å². The molecule has 35 heavy (non-hydrogen) atoms. The third-order valence-electron chi connectivity index (χ3n) is 6.02. The quantitative estimate of drug-likeness (QED) is 0.519. The number of aromatic nitrogens is 2. The van der Waals surface area contributed by atoms with Crippen LogP contribution in [0.1, 0.15) is 69.6 Å². The molecule has 1 aromatic carbocycles. The van der Waals surface area contributed by atoms with Crippen molar-refractivity contribution in [3.8, 4) is 0 Å². The maximum absolute atomic E-state index is 13.3. The van der Waals surface area contributed by atoms with E-state index in [-0.39, 0.29) is 36.0 Å². The lowest BCUT2D eigenvalue weighted by Gasteiger charge is -2.35. The van der Waals surface area contributed by atoms with Crippen LogP contribution < -0.4 is 11.1 Å². The molecule has 1 saturated heterocycles. The van der Waals surface area contributed by atoms with Gasteiger partial charge in [0, 0.05) is 6.54 Å². The molecule has 1 aliphatic rings. The first-order chi connectivity index (χ1) is 16.7. The van der Waals surface area contributed by atoms with Crippen LogP contribution in [-0.4, -0.2) is 50.9 Å². The molecule has 1 N–H and O–H groups in total. The van der Waals surface area contributed by atoms with Crippen molar-refractivity contribution in [3.63, 3.8) is 0 Å². The molecule has 0 bridgehead atoms. The number of nitrogens with one attached hydrogen (secondary N) is 1. The normalized spacial score (nSPS) is 17.0. The van der Waals surface area contributed by atoms with Gasteiger partial charge in [-0.15, -0.1) is 5.10 Å². The Labute approximate surface area is 205 Å². The molecular weight excluding hydrogens is 448 g/mol. The number of likely N-dealkylation sites (tertiary alicyclic amines) is 1. The molecule has 0 spiro atoms. The Kier molecular flexibility index (Phi) is 9.01. The van der Waals surface area contributed by atoms with Gasteiger partial charge in [-0.3, -0.25) is 14.4 Å². The van der Waals surface area contributed by atoms with E-state index in [9.17, 15) is 19.2 Å². The highest BCUT2D eigenvalue weighted by atomic mass is 16.4. The van der Waals surface area contributed by atoms with Gasteiger partial charge in [0.2, 0.25) is 17.6 Å². The number of carbonyl (C=O) groups is 3. The van der Waals surface area contributed by atoms with E-state index in [1.54, 1.807) is 4.90 Å². The maximum atomic E-state index is 13.3. The van der Waals surface area contributed by atoms with Crippen LogP contribution in [0.4, 0.5) is 0 Å². The van der Waals surface area contributed by atoms with Gasteiger partial charge in [0.15, 0.2) is 0 Å². The van der Waals surface area contributed by atoms with Crippen molar-refractivity contribution >= 4 is 17.6 Å². The number of amides is 2. The molecule has 2 heterocycles. The Hall–Kier alpha value is -3.23.